The lowest BCUT2D eigenvalue weighted by atomic mass is 9.85. The molecule has 0 spiro atoms. The van der Waals surface area contributed by atoms with Crippen molar-refractivity contribution in [3.63, 3.8) is 0 Å². The van der Waals surface area contributed by atoms with Gasteiger partial charge >= 0.3 is 0 Å². The average Bonchev–Trinajstić information content (AvgIpc) is 2.16. The van der Waals surface area contributed by atoms with Gasteiger partial charge in [0.15, 0.2) is 0 Å². The molecule has 0 aliphatic carbocycles. The van der Waals surface area contributed by atoms with E-state index in [0.717, 1.165) is 5.56 Å². The molecule has 1 nitrogen and oxygen atoms in total. The molecule has 1 aromatic carbocycles. The van der Waals surface area contributed by atoms with Crippen LogP contribution in [-0.4, -0.2) is 5.11 Å². The third-order valence-corrected chi connectivity index (χ3v) is 2.29. The number of hydrogen-bond acceptors (Lipinski definition) is 1. The van der Waals surface area contributed by atoms with Gasteiger partial charge in [0, 0.05) is 0 Å². The molecule has 0 atom stereocenters. The van der Waals surface area contributed by atoms with Crippen LogP contribution in [0, 0.1) is 24.7 Å². The molecule has 0 unspecified atom stereocenters. The summed E-state index contributed by atoms with van der Waals surface area (Å²) < 4.78 is 0. The number of terminal acetylenes is 2. The van der Waals surface area contributed by atoms with Gasteiger partial charge in [-0.2, -0.15) is 0 Å². The highest BCUT2D eigenvalue weighted by Gasteiger charge is 2.17. The van der Waals surface area contributed by atoms with E-state index in [2.05, 4.69) is 32.6 Å². The molecule has 0 bridgehead atoms. The smallest absolute Gasteiger partial charge is 0.146 e. The van der Waals surface area contributed by atoms with Crippen LogP contribution in [0.5, 0.6) is 5.75 Å². The molecule has 0 aliphatic heterocycles. The summed E-state index contributed by atoms with van der Waals surface area (Å²) >= 11 is 0. The Bertz CT molecular complexity index is 427. The van der Waals surface area contributed by atoms with Crippen molar-refractivity contribution < 1.29 is 5.11 Å². The quantitative estimate of drug-likeness (QED) is 0.635. The van der Waals surface area contributed by atoms with Gasteiger partial charge in [-0.05, 0) is 23.1 Å². The van der Waals surface area contributed by atoms with E-state index in [0.29, 0.717) is 11.1 Å². The largest absolute Gasteiger partial charge is 0.505 e. The maximum absolute atomic E-state index is 9.69. The van der Waals surface area contributed by atoms with Gasteiger partial charge in [-0.25, -0.2) is 0 Å². The number of aromatic hydroxyl groups is 1. The van der Waals surface area contributed by atoms with E-state index < -0.39 is 0 Å². The molecule has 1 rings (SSSR count). The van der Waals surface area contributed by atoms with Gasteiger partial charge in [0.05, 0.1) is 11.1 Å². The summed E-state index contributed by atoms with van der Waals surface area (Å²) in [4.78, 5) is 0. The molecular formula is C14H14O. The van der Waals surface area contributed by atoms with E-state index in [1.165, 1.54) is 0 Å². The summed E-state index contributed by atoms with van der Waals surface area (Å²) in [6.07, 6.45) is 10.6. The zero-order chi connectivity index (χ0) is 11.6. The maximum atomic E-state index is 9.69. The first-order valence-electron chi connectivity index (χ1n) is 4.71. The van der Waals surface area contributed by atoms with Gasteiger partial charge in [0.1, 0.15) is 5.75 Å². The maximum Gasteiger partial charge on any atom is 0.146 e. The summed E-state index contributed by atoms with van der Waals surface area (Å²) in [5.74, 6) is 4.90. The molecule has 0 saturated carbocycles. The Morgan fingerprint density at radius 1 is 1.07 bits per heavy atom. The monoisotopic (exact) mass is 198 g/mol. The lowest BCUT2D eigenvalue weighted by Gasteiger charge is -2.20. The van der Waals surface area contributed by atoms with Crippen molar-refractivity contribution in [2.24, 2.45) is 0 Å². The van der Waals surface area contributed by atoms with Crippen molar-refractivity contribution in [1.82, 2.24) is 0 Å². The Hall–Kier alpha value is -1.86. The Morgan fingerprint density at radius 3 is 1.73 bits per heavy atom. The zero-order valence-electron chi connectivity index (χ0n) is 9.26. The second-order valence-corrected chi connectivity index (χ2v) is 4.46. The van der Waals surface area contributed by atoms with Crippen LogP contribution in [0.2, 0.25) is 0 Å². The molecular weight excluding hydrogens is 184 g/mol. The van der Waals surface area contributed by atoms with E-state index in [9.17, 15) is 5.11 Å². The molecule has 0 saturated heterocycles. The van der Waals surface area contributed by atoms with E-state index in [1.807, 2.05) is 0 Å². The highest BCUT2D eigenvalue weighted by Crippen LogP contribution is 2.30. The van der Waals surface area contributed by atoms with Gasteiger partial charge in [-0.1, -0.05) is 32.6 Å². The van der Waals surface area contributed by atoms with Gasteiger partial charge in [-0.3, -0.25) is 0 Å². The van der Waals surface area contributed by atoms with Crippen LogP contribution in [0.15, 0.2) is 12.1 Å². The lowest BCUT2D eigenvalue weighted by molar-refractivity contribution is 0.470. The number of phenols is 1. The van der Waals surface area contributed by atoms with Crippen LogP contribution in [0.4, 0.5) is 0 Å². The Labute approximate surface area is 91.1 Å². The predicted octanol–water partition coefficient (Wildman–Crippen LogP) is 2.65. The second-order valence-electron chi connectivity index (χ2n) is 4.46. The molecule has 15 heavy (non-hydrogen) atoms. The van der Waals surface area contributed by atoms with E-state index in [1.54, 1.807) is 12.1 Å². The molecule has 0 aliphatic rings. The van der Waals surface area contributed by atoms with Gasteiger partial charge < -0.3 is 5.11 Å². The fourth-order valence-corrected chi connectivity index (χ4v) is 1.29. The first-order chi connectivity index (χ1) is 6.90. The third kappa shape index (κ3) is 2.14. The van der Waals surface area contributed by atoms with Crippen molar-refractivity contribution in [3.8, 4) is 30.4 Å². The Balaban J connectivity index is 3.51. The van der Waals surface area contributed by atoms with E-state index >= 15 is 0 Å². The highest BCUT2D eigenvalue weighted by atomic mass is 16.3. The van der Waals surface area contributed by atoms with E-state index in [4.69, 9.17) is 12.8 Å². The normalized spacial score (nSPS) is 10.5. The molecule has 0 radical (unpaired) electrons. The van der Waals surface area contributed by atoms with Crippen molar-refractivity contribution in [1.29, 1.82) is 0 Å². The van der Waals surface area contributed by atoms with Crippen molar-refractivity contribution in [2.75, 3.05) is 0 Å². The SMILES string of the molecule is C#Cc1cc(C(C)(C)C)cc(C#C)c1O. The fraction of sp³-hybridized carbons (Fsp3) is 0.286. The summed E-state index contributed by atoms with van der Waals surface area (Å²) in [7, 11) is 0. The summed E-state index contributed by atoms with van der Waals surface area (Å²) in [5, 5.41) is 9.69. The van der Waals surface area contributed by atoms with Crippen LogP contribution < -0.4 is 0 Å². The number of hydrogen-bond donors (Lipinski definition) is 1. The van der Waals surface area contributed by atoms with Gasteiger partial charge in [0.2, 0.25) is 0 Å². The molecule has 0 amide bonds. The lowest BCUT2D eigenvalue weighted by Crippen LogP contribution is -2.11. The van der Waals surface area contributed by atoms with Crippen molar-refractivity contribution in [2.45, 2.75) is 26.2 Å². The standard InChI is InChI=1S/C14H14O/c1-6-10-8-12(14(3,4)5)9-11(7-2)13(10)15/h1-2,8-9,15H,3-5H3. The first kappa shape index (κ1) is 11.2. The summed E-state index contributed by atoms with van der Waals surface area (Å²) in [6.45, 7) is 6.21. The van der Waals surface area contributed by atoms with Crippen molar-refractivity contribution >= 4 is 0 Å². The van der Waals surface area contributed by atoms with Crippen LogP contribution in [-0.2, 0) is 5.41 Å². The second kappa shape index (κ2) is 3.71. The molecule has 0 aromatic heterocycles. The number of rotatable bonds is 0. The summed E-state index contributed by atoms with van der Waals surface area (Å²) in [5.41, 5.74) is 1.90. The molecule has 1 N–H and O–H groups in total. The zero-order valence-corrected chi connectivity index (χ0v) is 9.26. The number of phenolic OH excluding ortho intramolecular Hbond substituents is 1. The van der Waals surface area contributed by atoms with Crippen LogP contribution in [0.25, 0.3) is 0 Å². The molecule has 1 heteroatoms. The fourth-order valence-electron chi connectivity index (χ4n) is 1.29. The minimum atomic E-state index is -0.0368. The van der Waals surface area contributed by atoms with Gasteiger partial charge in [-0.15, -0.1) is 12.8 Å². The predicted molar refractivity (Wildman–Crippen MR) is 62.7 cm³/mol. The van der Waals surface area contributed by atoms with Crippen LogP contribution >= 0.6 is 0 Å². The molecule has 0 heterocycles. The molecule has 0 fully saturated rings. The Kier molecular flexibility index (Phi) is 2.78. The average molecular weight is 198 g/mol. The number of benzene rings is 1. The highest BCUT2D eigenvalue weighted by molar-refractivity contribution is 5.57. The minimum absolute atomic E-state index is 0.0213. The van der Waals surface area contributed by atoms with Gasteiger partial charge in [0.25, 0.3) is 0 Å². The summed E-state index contributed by atoms with van der Waals surface area (Å²) in [6, 6.07) is 3.60. The van der Waals surface area contributed by atoms with E-state index in [-0.39, 0.29) is 11.2 Å². The first-order valence-corrected chi connectivity index (χ1v) is 4.71. The van der Waals surface area contributed by atoms with Crippen LogP contribution in [0.3, 0.4) is 0 Å². The Morgan fingerprint density at radius 2 is 1.47 bits per heavy atom. The minimum Gasteiger partial charge on any atom is -0.505 e. The van der Waals surface area contributed by atoms with Crippen molar-refractivity contribution in [3.05, 3.63) is 28.8 Å². The third-order valence-electron chi connectivity index (χ3n) is 2.29. The molecule has 1 aromatic rings. The topological polar surface area (TPSA) is 20.2 Å². The molecule has 76 valence electrons. The van der Waals surface area contributed by atoms with Crippen LogP contribution in [0.1, 0.15) is 37.5 Å².